The average molecular weight is 698 g/mol. The molecule has 0 fully saturated rings. The average Bonchev–Trinajstić information content (AvgIpc) is 3.54. The number of allylic oxidation sites excluding steroid dienone is 2. The van der Waals surface area contributed by atoms with Crippen molar-refractivity contribution in [3.63, 3.8) is 0 Å². The Morgan fingerprint density at radius 1 is 0.535 bits per heavy atom. The van der Waals surface area contributed by atoms with Crippen LogP contribution < -0.4 is 24.8 Å². The van der Waals surface area contributed by atoms with Gasteiger partial charge in [-0.25, -0.2) is 0 Å². The first-order chi connectivity index (χ1) is 20.2. The van der Waals surface area contributed by atoms with Crippen LogP contribution in [0.3, 0.4) is 0 Å². The van der Waals surface area contributed by atoms with E-state index in [1.807, 2.05) is 13.8 Å². The smallest absolute Gasteiger partial charge is 1.00 e. The SMILES string of the molecule is CC.C[SiH2][Zr+2]([CH]1C(C)=Cc2c(-c3ccccc3)cccc21)[CH]1C(C)=Cc2c(-c3cccc4ccccc34)cccc21.[Cl-].[Cl-]. The molecule has 217 valence electrons. The van der Waals surface area contributed by atoms with Crippen molar-refractivity contribution in [3.05, 3.63) is 143 Å². The second kappa shape index (κ2) is 14.5. The van der Waals surface area contributed by atoms with Crippen LogP contribution >= 0.6 is 0 Å². The van der Waals surface area contributed by atoms with Gasteiger partial charge in [0.1, 0.15) is 0 Å². The van der Waals surface area contributed by atoms with Crippen LogP contribution in [0.5, 0.6) is 0 Å². The van der Waals surface area contributed by atoms with Crippen molar-refractivity contribution < 1.29 is 45.7 Å². The molecule has 5 aromatic rings. The van der Waals surface area contributed by atoms with Crippen molar-refractivity contribution >= 4 is 29.6 Å². The van der Waals surface area contributed by atoms with Gasteiger partial charge in [-0.2, -0.15) is 0 Å². The van der Waals surface area contributed by atoms with Crippen LogP contribution in [0.25, 0.3) is 45.2 Å². The van der Waals surface area contributed by atoms with E-state index in [4.69, 9.17) is 0 Å². The minimum absolute atomic E-state index is 0. The van der Waals surface area contributed by atoms with Gasteiger partial charge in [0.2, 0.25) is 0 Å². The van der Waals surface area contributed by atoms with Crippen molar-refractivity contribution in [3.8, 4) is 22.3 Å². The zero-order chi connectivity index (χ0) is 28.5. The molecular formula is C39H39Cl2SiZr. The fourth-order valence-electron chi connectivity index (χ4n) is 7.23. The molecule has 2 atom stereocenters. The molecule has 4 heteroatoms. The standard InChI is InChI=1S/C20H15.C16H13.C2H6.CH5Si.2ClH.Zr/c1-14-12-16-8-5-11-19(20(16)13-14)18-10-4-7-15-6-2-3-9-17(15)18;1-12-10-14-8-5-9-15(16(14)11-12)13-6-3-2-4-7-13;2*1-2;;;/h2-13H,1H3;2-11H,1H3;1-2H3;2H2,1H3;2*1H;/q;;;;;;+2/p-2. The summed E-state index contributed by atoms with van der Waals surface area (Å²) in [5, 5.41) is 2.67. The quantitative estimate of drug-likeness (QED) is 0.236. The van der Waals surface area contributed by atoms with Crippen molar-refractivity contribution in [1.29, 1.82) is 0 Å². The molecule has 0 bridgehead atoms. The molecule has 2 aliphatic carbocycles. The fraction of sp³-hybridized carbons (Fsp3) is 0.179. The van der Waals surface area contributed by atoms with E-state index >= 15 is 0 Å². The van der Waals surface area contributed by atoms with Crippen molar-refractivity contribution in [2.24, 2.45) is 0 Å². The third kappa shape index (κ3) is 5.97. The second-order valence-electron chi connectivity index (χ2n) is 11.1. The zero-order valence-electron chi connectivity index (χ0n) is 25.7. The van der Waals surface area contributed by atoms with Crippen molar-refractivity contribution in [2.45, 2.75) is 41.5 Å². The molecule has 0 N–H and O–H groups in total. The van der Waals surface area contributed by atoms with E-state index in [9.17, 15) is 0 Å². The first kappa shape index (κ1) is 33.4. The molecule has 43 heavy (non-hydrogen) atoms. The number of rotatable bonds is 5. The third-order valence-corrected chi connectivity index (χ3v) is 28.0. The Morgan fingerprint density at radius 2 is 1.02 bits per heavy atom. The van der Waals surface area contributed by atoms with E-state index in [-0.39, 0.29) is 31.5 Å². The minimum atomic E-state index is -1.95. The van der Waals surface area contributed by atoms with Crippen LogP contribution in [0.1, 0.15) is 57.2 Å². The Hall–Kier alpha value is -2.48. The van der Waals surface area contributed by atoms with Gasteiger partial charge in [-0.05, 0) is 0 Å². The molecule has 0 aromatic heterocycles. The molecule has 0 amide bonds. The summed E-state index contributed by atoms with van der Waals surface area (Å²) in [5.74, 6) is 0. The summed E-state index contributed by atoms with van der Waals surface area (Å²) in [6.45, 7) is 11.3. The van der Waals surface area contributed by atoms with E-state index in [1.165, 1.54) is 44.2 Å². The molecule has 0 nitrogen and oxygen atoms in total. The predicted molar refractivity (Wildman–Crippen MR) is 180 cm³/mol. The van der Waals surface area contributed by atoms with Gasteiger partial charge >= 0.3 is 243 Å². The Morgan fingerprint density at radius 3 is 1.65 bits per heavy atom. The summed E-state index contributed by atoms with van der Waals surface area (Å²) in [6, 6.07) is 40.8. The number of benzene rings is 5. The summed E-state index contributed by atoms with van der Waals surface area (Å²) < 4.78 is 1.36. The fourth-order valence-corrected chi connectivity index (χ4v) is 27.8. The molecule has 2 aliphatic rings. The van der Waals surface area contributed by atoms with Gasteiger partial charge in [0.05, 0.1) is 0 Å². The summed E-state index contributed by atoms with van der Waals surface area (Å²) in [6.07, 6.45) is 5.09. The molecule has 0 aliphatic heterocycles. The summed E-state index contributed by atoms with van der Waals surface area (Å²) in [7, 11) is 0. The summed E-state index contributed by atoms with van der Waals surface area (Å²) in [4.78, 5) is 0. The van der Waals surface area contributed by atoms with Gasteiger partial charge in [0, 0.05) is 0 Å². The predicted octanol–water partition coefficient (Wildman–Crippen LogP) is 4.57. The first-order valence-electron chi connectivity index (χ1n) is 15.2. The van der Waals surface area contributed by atoms with Gasteiger partial charge in [0.25, 0.3) is 0 Å². The van der Waals surface area contributed by atoms with Crippen LogP contribution in [0.2, 0.25) is 6.55 Å². The first-order valence-corrected chi connectivity index (χ1v) is 25.3. The van der Waals surface area contributed by atoms with Crippen LogP contribution in [-0.4, -0.2) is 6.65 Å². The third-order valence-electron chi connectivity index (χ3n) is 8.87. The molecule has 0 spiro atoms. The van der Waals surface area contributed by atoms with Gasteiger partial charge in [-0.3, -0.25) is 0 Å². The molecule has 0 heterocycles. The normalized spacial score (nSPS) is 16.3. The maximum Gasteiger partial charge on any atom is -1.00 e. The number of fused-ring (bicyclic) bond motifs is 3. The maximum atomic E-state index is 2.61. The minimum Gasteiger partial charge on any atom is -1.00 e. The topological polar surface area (TPSA) is 0 Å². The summed E-state index contributed by atoms with van der Waals surface area (Å²) >= 11 is -1.95. The molecule has 0 radical (unpaired) electrons. The number of hydrogen-bond donors (Lipinski definition) is 0. The van der Waals surface area contributed by atoms with E-state index < -0.39 is 20.9 Å². The Bertz CT molecular complexity index is 1790. The van der Waals surface area contributed by atoms with Crippen molar-refractivity contribution in [1.82, 2.24) is 0 Å². The summed E-state index contributed by atoms with van der Waals surface area (Å²) in [5.41, 5.74) is 14.9. The van der Waals surface area contributed by atoms with E-state index in [1.54, 1.807) is 22.3 Å². The van der Waals surface area contributed by atoms with Gasteiger partial charge < -0.3 is 24.8 Å². The zero-order valence-corrected chi connectivity index (χ0v) is 31.0. The monoisotopic (exact) mass is 695 g/mol. The Balaban J connectivity index is 0.00000104. The molecule has 5 aromatic carbocycles. The van der Waals surface area contributed by atoms with Gasteiger partial charge in [-0.1, -0.05) is 13.8 Å². The van der Waals surface area contributed by atoms with Crippen LogP contribution in [0.15, 0.2) is 120 Å². The second-order valence-corrected chi connectivity index (χ2v) is 27.5. The Labute approximate surface area is 279 Å². The molecular weight excluding hydrogens is 659 g/mol. The van der Waals surface area contributed by atoms with E-state index in [0.717, 1.165) is 0 Å². The van der Waals surface area contributed by atoms with Crippen LogP contribution in [-0.2, 0) is 20.9 Å². The Kier molecular flexibility index (Phi) is 11.3. The van der Waals surface area contributed by atoms with E-state index in [0.29, 0.717) is 7.25 Å². The largest absolute Gasteiger partial charge is 1.00 e. The van der Waals surface area contributed by atoms with Crippen molar-refractivity contribution in [2.75, 3.05) is 0 Å². The van der Waals surface area contributed by atoms with Gasteiger partial charge in [-0.15, -0.1) is 0 Å². The molecule has 0 saturated carbocycles. The molecule has 0 saturated heterocycles. The van der Waals surface area contributed by atoms with E-state index in [2.05, 4.69) is 142 Å². The molecule has 7 rings (SSSR count). The van der Waals surface area contributed by atoms with Crippen LogP contribution in [0.4, 0.5) is 0 Å². The maximum absolute atomic E-state index is 2.61. The molecule has 2 unspecified atom stereocenters. The number of halogens is 2. The number of hydrogen-bond acceptors (Lipinski definition) is 0. The van der Waals surface area contributed by atoms with Gasteiger partial charge in [0.15, 0.2) is 0 Å². The van der Waals surface area contributed by atoms with Crippen LogP contribution in [0, 0.1) is 0 Å².